The predicted molar refractivity (Wildman–Crippen MR) is 190 cm³/mol. The lowest BCUT2D eigenvalue weighted by atomic mass is 10.0. The second kappa shape index (κ2) is 11.7. The molecule has 2 N–H and O–H groups in total. The highest BCUT2D eigenvalue weighted by Gasteiger charge is 2.18. The van der Waals surface area contributed by atoms with E-state index in [1.54, 1.807) is 7.11 Å². The summed E-state index contributed by atoms with van der Waals surface area (Å²) < 4.78 is 12.9. The third kappa shape index (κ3) is 5.10. The maximum atomic E-state index is 6.62. The number of ether oxygens (including phenoxy) is 2. The van der Waals surface area contributed by atoms with Crippen LogP contribution in [0.3, 0.4) is 0 Å². The zero-order valence-corrected chi connectivity index (χ0v) is 26.4. The second-order valence-corrected chi connectivity index (χ2v) is 11.7. The second-order valence-electron chi connectivity index (χ2n) is 10.9. The van der Waals surface area contributed by atoms with Gasteiger partial charge in [0, 0.05) is 22.2 Å². The third-order valence-electron chi connectivity index (χ3n) is 8.05. The first-order chi connectivity index (χ1) is 22.6. The normalized spacial score (nSPS) is 12.0. The van der Waals surface area contributed by atoms with Gasteiger partial charge < -0.3 is 19.4 Å². The molecule has 0 unspecified atom stereocenters. The van der Waals surface area contributed by atoms with E-state index in [1.165, 1.54) is 0 Å². The summed E-state index contributed by atoms with van der Waals surface area (Å²) in [5, 5.41) is 0. The molecule has 0 radical (unpaired) electrons. The van der Waals surface area contributed by atoms with Crippen LogP contribution < -0.4 is 9.47 Å². The highest BCUT2D eigenvalue weighted by Crippen LogP contribution is 2.38. The number of hydrogen-bond acceptors (Lipinski definition) is 4. The molecule has 2 aliphatic heterocycles. The molecular weight excluding hydrogens is 636 g/mol. The minimum atomic E-state index is 0.606. The van der Waals surface area contributed by atoms with E-state index >= 15 is 0 Å². The Morgan fingerprint density at radius 2 is 0.978 bits per heavy atom. The van der Waals surface area contributed by atoms with Gasteiger partial charge in [-0.05, 0) is 99.9 Å². The average Bonchev–Trinajstić information content (AvgIpc) is 3.93. The van der Waals surface area contributed by atoms with Crippen molar-refractivity contribution in [1.29, 1.82) is 0 Å². The van der Waals surface area contributed by atoms with Crippen molar-refractivity contribution in [3.05, 3.63) is 136 Å². The van der Waals surface area contributed by atoms with Gasteiger partial charge in [0.15, 0.2) is 5.75 Å². The Morgan fingerprint density at radius 1 is 0.500 bits per heavy atom. The maximum absolute atomic E-state index is 6.62. The fraction of sp³-hybridized carbons (Fsp3) is 0.0256. The molecule has 6 nitrogen and oxygen atoms in total. The number of fused-ring (bicyclic) bond motifs is 8. The Morgan fingerprint density at radius 3 is 1.59 bits per heavy atom. The smallest absolute Gasteiger partial charge is 0.176 e. The number of methoxy groups -OCH3 is 1. The van der Waals surface area contributed by atoms with Crippen LogP contribution in [-0.4, -0.2) is 27.0 Å². The van der Waals surface area contributed by atoms with Gasteiger partial charge >= 0.3 is 0 Å². The zero-order chi connectivity index (χ0) is 31.0. The fourth-order valence-corrected chi connectivity index (χ4v) is 6.28. The number of hydrogen-bond donors (Lipinski definition) is 2. The van der Waals surface area contributed by atoms with Gasteiger partial charge in [0.1, 0.15) is 17.2 Å². The van der Waals surface area contributed by atoms with Crippen LogP contribution >= 0.6 is 15.9 Å². The largest absolute Gasteiger partial charge is 0.497 e. The predicted octanol–water partition coefficient (Wildman–Crippen LogP) is 10.6. The number of nitrogens with one attached hydrogen (secondary N) is 2. The number of rotatable bonds is 5. The number of halogens is 1. The molecule has 0 spiro atoms. The molecule has 3 aromatic heterocycles. The summed E-state index contributed by atoms with van der Waals surface area (Å²) in [7, 11) is 1.65. The lowest BCUT2D eigenvalue weighted by molar-refractivity contribution is 0.413. The first-order valence-electron chi connectivity index (χ1n) is 14.9. The maximum Gasteiger partial charge on any atom is 0.176 e. The monoisotopic (exact) mass is 662 g/mol. The molecule has 5 heterocycles. The summed E-state index contributed by atoms with van der Waals surface area (Å²) >= 11 is 3.85. The van der Waals surface area contributed by atoms with Gasteiger partial charge in [0.2, 0.25) is 0 Å². The van der Waals surface area contributed by atoms with Gasteiger partial charge in [-0.15, -0.1) is 0 Å². The van der Waals surface area contributed by atoms with Crippen molar-refractivity contribution in [1.82, 2.24) is 19.9 Å². The van der Waals surface area contributed by atoms with Crippen molar-refractivity contribution in [3.63, 3.8) is 0 Å². The van der Waals surface area contributed by atoms with Gasteiger partial charge in [-0.3, -0.25) is 0 Å². The first-order valence-corrected chi connectivity index (χ1v) is 15.7. The van der Waals surface area contributed by atoms with E-state index in [0.717, 1.165) is 71.6 Å². The van der Waals surface area contributed by atoms with Gasteiger partial charge in [0.05, 0.1) is 39.7 Å². The van der Waals surface area contributed by atoms with Crippen LogP contribution in [-0.2, 0) is 0 Å². The number of H-pyrrole nitrogens is 2. The highest BCUT2D eigenvalue weighted by atomic mass is 79.9. The molecule has 0 fully saturated rings. The summed E-state index contributed by atoms with van der Waals surface area (Å²) in [5.41, 5.74) is 10.9. The van der Waals surface area contributed by atoms with Crippen LogP contribution in [0.15, 0.2) is 114 Å². The van der Waals surface area contributed by atoms with Gasteiger partial charge in [-0.2, -0.15) is 0 Å². The topological polar surface area (TPSA) is 75.8 Å². The van der Waals surface area contributed by atoms with Crippen molar-refractivity contribution in [2.24, 2.45) is 0 Å². The number of benzene rings is 3. The van der Waals surface area contributed by atoms with E-state index in [2.05, 4.69) is 74.4 Å². The molecule has 8 bridgehead atoms. The fourth-order valence-electron chi connectivity index (χ4n) is 5.83. The van der Waals surface area contributed by atoms with E-state index in [0.29, 0.717) is 17.2 Å². The molecule has 0 saturated carbocycles. The van der Waals surface area contributed by atoms with E-state index in [-0.39, 0.29) is 0 Å². The molecule has 46 heavy (non-hydrogen) atoms. The van der Waals surface area contributed by atoms with Crippen molar-refractivity contribution in [2.45, 2.75) is 0 Å². The van der Waals surface area contributed by atoms with Crippen LogP contribution in [0.25, 0.3) is 68.6 Å². The summed E-state index contributed by atoms with van der Waals surface area (Å²) in [6, 6.07) is 36.4. The molecule has 7 heteroatoms. The van der Waals surface area contributed by atoms with Gasteiger partial charge in [-0.1, -0.05) is 60.7 Å². The highest BCUT2D eigenvalue weighted by molar-refractivity contribution is 9.10. The standard InChI is InChI=1S/C39H27BrN4O2/c1-45-26-12-14-27(15-13-26)46-39-34-22-18-30(43-34)36(24-8-4-2-5-9-24)28-16-20-32(41-28)38(40)33-21-17-29(42-33)37(25-10-6-3-7-11-25)31-19-23-35(39)44-31/h2-23,41,44H,1H3. The quantitative estimate of drug-likeness (QED) is 0.192. The molecule has 6 aromatic rings. The van der Waals surface area contributed by atoms with Crippen molar-refractivity contribution >= 4 is 62.3 Å². The Kier molecular flexibility index (Phi) is 7.08. The van der Waals surface area contributed by atoms with Crippen LogP contribution in [0.5, 0.6) is 17.2 Å². The molecule has 0 atom stereocenters. The van der Waals surface area contributed by atoms with E-state index in [9.17, 15) is 0 Å². The summed E-state index contributed by atoms with van der Waals surface area (Å²) in [6.45, 7) is 0. The lowest BCUT2D eigenvalue weighted by Gasteiger charge is -2.08. The summed E-state index contributed by atoms with van der Waals surface area (Å²) in [6.07, 6.45) is 8.16. The number of aromatic amines is 2. The zero-order valence-electron chi connectivity index (χ0n) is 24.8. The van der Waals surface area contributed by atoms with E-state index < -0.39 is 0 Å². The average molecular weight is 664 g/mol. The van der Waals surface area contributed by atoms with Crippen molar-refractivity contribution in [3.8, 4) is 39.5 Å². The molecule has 8 rings (SSSR count). The Balaban J connectivity index is 1.49. The Bertz CT molecular complexity index is 2280. The summed E-state index contributed by atoms with van der Waals surface area (Å²) in [5.74, 6) is 2.03. The molecular formula is C39H27BrN4O2. The van der Waals surface area contributed by atoms with Crippen LogP contribution in [0, 0.1) is 0 Å². The first kappa shape index (κ1) is 27.9. The molecule has 0 amide bonds. The SMILES string of the molecule is COc1ccc(Oc2c3nc(c(-c4ccccc4)c4ccc([nH]4)c(Br)c4nc(c(-c5ccccc5)c5ccc2[nH]5)C=C4)C=C3)cc1. The number of aromatic nitrogens is 4. The molecule has 0 aliphatic carbocycles. The Labute approximate surface area is 273 Å². The van der Waals surface area contributed by atoms with Crippen LogP contribution in [0.2, 0.25) is 0 Å². The van der Waals surface area contributed by atoms with Gasteiger partial charge in [-0.25, -0.2) is 9.97 Å². The summed E-state index contributed by atoms with van der Waals surface area (Å²) in [4.78, 5) is 17.6. The Hall–Kier alpha value is -5.66. The molecule has 2 aliphatic rings. The number of nitrogens with zero attached hydrogens (tertiary/aromatic N) is 2. The lowest BCUT2D eigenvalue weighted by Crippen LogP contribution is -1.91. The molecule has 0 saturated heterocycles. The van der Waals surface area contributed by atoms with E-state index in [4.69, 9.17) is 19.4 Å². The molecule has 3 aromatic carbocycles. The third-order valence-corrected chi connectivity index (χ3v) is 8.88. The van der Waals surface area contributed by atoms with E-state index in [1.807, 2.05) is 85.0 Å². The minimum absolute atomic E-state index is 0.606. The van der Waals surface area contributed by atoms with Crippen LogP contribution in [0.1, 0.15) is 22.8 Å². The van der Waals surface area contributed by atoms with Crippen LogP contribution in [0.4, 0.5) is 0 Å². The molecule has 222 valence electrons. The van der Waals surface area contributed by atoms with Crippen molar-refractivity contribution in [2.75, 3.05) is 7.11 Å². The van der Waals surface area contributed by atoms with Crippen molar-refractivity contribution < 1.29 is 9.47 Å². The minimum Gasteiger partial charge on any atom is -0.497 e. The van der Waals surface area contributed by atoms with Gasteiger partial charge in [0.25, 0.3) is 0 Å².